The Bertz CT molecular complexity index is 807. The topological polar surface area (TPSA) is 40.5 Å². The minimum Gasteiger partial charge on any atom is -0.390 e. The Morgan fingerprint density at radius 3 is 2.50 bits per heavy atom. The summed E-state index contributed by atoms with van der Waals surface area (Å²) in [6, 6.07) is 16.7. The van der Waals surface area contributed by atoms with Crippen LogP contribution in [0.25, 0.3) is 21.5 Å². The van der Waals surface area contributed by atoms with Crippen molar-refractivity contribution in [1.82, 2.24) is 0 Å². The standard InChI is InChI=1S/C18H16O2/c19-17-10-9-15-14-6-5-11-3-1-2-4-12(11)13(14)7-8-16(15)18(17)20/h1-8,17-20H,9-10H2/t17-,18-/m0/s1. The van der Waals surface area contributed by atoms with Crippen molar-refractivity contribution in [2.24, 2.45) is 0 Å². The number of fused-ring (bicyclic) bond motifs is 5. The molecule has 0 aliphatic heterocycles. The summed E-state index contributed by atoms with van der Waals surface area (Å²) in [5.41, 5.74) is 2.07. The summed E-state index contributed by atoms with van der Waals surface area (Å²) in [5, 5.41) is 24.9. The van der Waals surface area contributed by atoms with Crippen LogP contribution in [-0.4, -0.2) is 16.3 Å². The van der Waals surface area contributed by atoms with Crippen molar-refractivity contribution < 1.29 is 10.2 Å². The SMILES string of the molecule is O[C@H]1CCc2c(ccc3c2ccc2ccccc23)[C@@H]1O. The van der Waals surface area contributed by atoms with E-state index < -0.39 is 12.2 Å². The van der Waals surface area contributed by atoms with Crippen LogP contribution in [0.4, 0.5) is 0 Å². The summed E-state index contributed by atoms with van der Waals surface area (Å²) in [5.74, 6) is 0. The molecule has 0 unspecified atom stereocenters. The summed E-state index contributed by atoms with van der Waals surface area (Å²) in [4.78, 5) is 0. The van der Waals surface area contributed by atoms with Gasteiger partial charge in [-0.2, -0.15) is 0 Å². The quantitative estimate of drug-likeness (QED) is 0.611. The van der Waals surface area contributed by atoms with Crippen molar-refractivity contribution in [2.45, 2.75) is 25.0 Å². The van der Waals surface area contributed by atoms with Gasteiger partial charge in [-0.15, -0.1) is 0 Å². The molecule has 0 saturated heterocycles. The lowest BCUT2D eigenvalue weighted by molar-refractivity contribution is 0.00676. The summed E-state index contributed by atoms with van der Waals surface area (Å²) < 4.78 is 0. The monoisotopic (exact) mass is 264 g/mol. The van der Waals surface area contributed by atoms with Gasteiger partial charge in [0.2, 0.25) is 0 Å². The molecular weight excluding hydrogens is 248 g/mol. The number of aliphatic hydroxyl groups excluding tert-OH is 2. The Morgan fingerprint density at radius 2 is 1.60 bits per heavy atom. The predicted molar refractivity (Wildman–Crippen MR) is 80.7 cm³/mol. The molecule has 3 aromatic rings. The van der Waals surface area contributed by atoms with Crippen LogP contribution in [0.15, 0.2) is 48.5 Å². The van der Waals surface area contributed by atoms with Gasteiger partial charge in [0.25, 0.3) is 0 Å². The highest BCUT2D eigenvalue weighted by molar-refractivity contribution is 6.08. The zero-order valence-corrected chi connectivity index (χ0v) is 11.1. The lowest BCUT2D eigenvalue weighted by atomic mass is 9.83. The second kappa shape index (κ2) is 4.30. The molecule has 2 heteroatoms. The molecule has 0 saturated carbocycles. The van der Waals surface area contributed by atoms with Crippen molar-refractivity contribution in [1.29, 1.82) is 0 Å². The first-order valence-corrected chi connectivity index (χ1v) is 7.05. The molecule has 3 aromatic carbocycles. The zero-order valence-electron chi connectivity index (χ0n) is 11.1. The smallest absolute Gasteiger partial charge is 0.105 e. The average molecular weight is 264 g/mol. The van der Waals surface area contributed by atoms with Crippen LogP contribution in [0.5, 0.6) is 0 Å². The molecule has 1 aliphatic rings. The number of aryl methyl sites for hydroxylation is 1. The van der Waals surface area contributed by atoms with E-state index in [4.69, 9.17) is 0 Å². The van der Waals surface area contributed by atoms with Crippen molar-refractivity contribution >= 4 is 21.5 Å². The number of benzene rings is 3. The van der Waals surface area contributed by atoms with Crippen LogP contribution >= 0.6 is 0 Å². The average Bonchev–Trinajstić information content (AvgIpc) is 2.50. The lowest BCUT2D eigenvalue weighted by Gasteiger charge is -2.27. The second-order valence-corrected chi connectivity index (χ2v) is 5.57. The molecule has 0 radical (unpaired) electrons. The molecular formula is C18H16O2. The molecule has 20 heavy (non-hydrogen) atoms. The van der Waals surface area contributed by atoms with Crippen LogP contribution in [0.2, 0.25) is 0 Å². The molecule has 2 atom stereocenters. The summed E-state index contributed by atoms with van der Waals surface area (Å²) in [7, 11) is 0. The van der Waals surface area contributed by atoms with E-state index in [1.54, 1.807) is 0 Å². The van der Waals surface area contributed by atoms with Gasteiger partial charge in [-0.05, 0) is 45.5 Å². The minimum absolute atomic E-state index is 0.625. The highest BCUT2D eigenvalue weighted by Gasteiger charge is 2.27. The lowest BCUT2D eigenvalue weighted by Crippen LogP contribution is -2.25. The Kier molecular flexibility index (Phi) is 2.56. The Balaban J connectivity index is 2.08. The van der Waals surface area contributed by atoms with Crippen LogP contribution in [-0.2, 0) is 6.42 Å². The molecule has 0 amide bonds. The number of aliphatic hydroxyl groups is 2. The van der Waals surface area contributed by atoms with E-state index in [1.807, 2.05) is 12.1 Å². The predicted octanol–water partition coefficient (Wildman–Crippen LogP) is 3.33. The van der Waals surface area contributed by atoms with E-state index >= 15 is 0 Å². The van der Waals surface area contributed by atoms with E-state index in [1.165, 1.54) is 27.1 Å². The molecule has 2 N–H and O–H groups in total. The van der Waals surface area contributed by atoms with Crippen LogP contribution < -0.4 is 0 Å². The van der Waals surface area contributed by atoms with Crippen molar-refractivity contribution in [3.63, 3.8) is 0 Å². The molecule has 0 fully saturated rings. The third-order valence-electron chi connectivity index (χ3n) is 4.45. The number of hydrogen-bond acceptors (Lipinski definition) is 2. The van der Waals surface area contributed by atoms with Crippen molar-refractivity contribution in [3.8, 4) is 0 Å². The van der Waals surface area contributed by atoms with Crippen molar-refractivity contribution in [3.05, 3.63) is 59.7 Å². The Morgan fingerprint density at radius 1 is 0.800 bits per heavy atom. The highest BCUT2D eigenvalue weighted by Crippen LogP contribution is 2.37. The maximum Gasteiger partial charge on any atom is 0.105 e. The third kappa shape index (κ3) is 1.59. The van der Waals surface area contributed by atoms with Gasteiger partial charge in [-0.3, -0.25) is 0 Å². The highest BCUT2D eigenvalue weighted by atomic mass is 16.3. The molecule has 0 bridgehead atoms. The molecule has 0 heterocycles. The maximum absolute atomic E-state index is 10.2. The van der Waals surface area contributed by atoms with E-state index in [9.17, 15) is 10.2 Å². The number of rotatable bonds is 0. The van der Waals surface area contributed by atoms with Gasteiger partial charge in [0.1, 0.15) is 6.10 Å². The van der Waals surface area contributed by atoms with Crippen LogP contribution in [0, 0.1) is 0 Å². The van der Waals surface area contributed by atoms with Gasteiger partial charge in [0, 0.05) is 0 Å². The molecule has 0 aromatic heterocycles. The Hall–Kier alpha value is -1.90. The first-order valence-electron chi connectivity index (χ1n) is 7.05. The first-order chi connectivity index (χ1) is 9.75. The van der Waals surface area contributed by atoms with Gasteiger partial charge in [0.05, 0.1) is 6.10 Å². The van der Waals surface area contributed by atoms with E-state index in [-0.39, 0.29) is 0 Å². The molecule has 1 aliphatic carbocycles. The molecule has 4 rings (SSSR count). The summed E-state index contributed by atoms with van der Waals surface area (Å²) in [6.45, 7) is 0. The van der Waals surface area contributed by atoms with E-state index in [2.05, 4.69) is 36.4 Å². The molecule has 0 spiro atoms. The minimum atomic E-state index is -0.755. The third-order valence-corrected chi connectivity index (χ3v) is 4.45. The second-order valence-electron chi connectivity index (χ2n) is 5.57. The largest absolute Gasteiger partial charge is 0.390 e. The van der Waals surface area contributed by atoms with Crippen LogP contribution in [0.1, 0.15) is 23.7 Å². The van der Waals surface area contributed by atoms with Crippen molar-refractivity contribution in [2.75, 3.05) is 0 Å². The summed E-state index contributed by atoms with van der Waals surface area (Å²) >= 11 is 0. The fourth-order valence-corrected chi connectivity index (χ4v) is 3.38. The van der Waals surface area contributed by atoms with Gasteiger partial charge >= 0.3 is 0 Å². The fraction of sp³-hybridized carbons (Fsp3) is 0.222. The summed E-state index contributed by atoms with van der Waals surface area (Å²) in [6.07, 6.45) is 0.0543. The van der Waals surface area contributed by atoms with Gasteiger partial charge in [-0.1, -0.05) is 48.5 Å². The van der Waals surface area contributed by atoms with Gasteiger partial charge < -0.3 is 10.2 Å². The number of hydrogen-bond donors (Lipinski definition) is 2. The van der Waals surface area contributed by atoms with Gasteiger partial charge in [0.15, 0.2) is 0 Å². The van der Waals surface area contributed by atoms with Crippen LogP contribution in [0.3, 0.4) is 0 Å². The van der Waals surface area contributed by atoms with E-state index in [0.717, 1.165) is 12.0 Å². The zero-order chi connectivity index (χ0) is 13.7. The molecule has 100 valence electrons. The van der Waals surface area contributed by atoms with Gasteiger partial charge in [-0.25, -0.2) is 0 Å². The normalized spacial score (nSPS) is 22.1. The van der Waals surface area contributed by atoms with E-state index in [0.29, 0.717) is 6.42 Å². The maximum atomic E-state index is 10.2. The molecule has 2 nitrogen and oxygen atoms in total. The fourth-order valence-electron chi connectivity index (χ4n) is 3.38. The first kappa shape index (κ1) is 11.9. The Labute approximate surface area is 117 Å².